The molecule has 1 aromatic rings. The lowest BCUT2D eigenvalue weighted by molar-refractivity contribution is -0.132. The summed E-state index contributed by atoms with van der Waals surface area (Å²) in [5.74, 6) is 0.648. The molecule has 1 N–H and O–H groups in total. The fourth-order valence-corrected chi connectivity index (χ4v) is 4.36. The average Bonchev–Trinajstić information content (AvgIpc) is 2.65. The van der Waals surface area contributed by atoms with Crippen LogP contribution in [-0.2, 0) is 11.2 Å². The fraction of sp³-hybridized carbons (Fsp3) is 0.667. The van der Waals surface area contributed by atoms with Crippen molar-refractivity contribution in [2.75, 3.05) is 26.2 Å². The first-order chi connectivity index (χ1) is 12.0. The van der Waals surface area contributed by atoms with E-state index >= 15 is 0 Å². The first kappa shape index (κ1) is 18.2. The van der Waals surface area contributed by atoms with Gasteiger partial charge in [0.25, 0.3) is 0 Å². The minimum absolute atomic E-state index is 0.278. The lowest BCUT2D eigenvalue weighted by Gasteiger charge is -2.40. The van der Waals surface area contributed by atoms with Gasteiger partial charge >= 0.3 is 0 Å². The van der Waals surface area contributed by atoms with Gasteiger partial charge < -0.3 is 14.9 Å². The summed E-state index contributed by atoms with van der Waals surface area (Å²) in [5, 5.41) is 9.87. The standard InChI is InChI=1S/C21H32N2O2/c1-16-14-18(15-17(2)21(16)25)6-7-20(24)23-12-8-19(9-13-23)22-10-4-3-5-11-22/h14-15,19,25H,3-13H2,1-2H3. The first-order valence-corrected chi connectivity index (χ1v) is 9.85. The minimum Gasteiger partial charge on any atom is -0.507 e. The van der Waals surface area contributed by atoms with Crippen molar-refractivity contribution in [2.24, 2.45) is 0 Å². The van der Waals surface area contributed by atoms with Gasteiger partial charge in [-0.05, 0) is 75.7 Å². The molecule has 2 saturated heterocycles. The van der Waals surface area contributed by atoms with Crippen molar-refractivity contribution in [3.8, 4) is 5.75 Å². The minimum atomic E-state index is 0.278. The number of aryl methyl sites for hydroxylation is 3. The Morgan fingerprint density at radius 3 is 2.24 bits per heavy atom. The zero-order chi connectivity index (χ0) is 17.8. The van der Waals surface area contributed by atoms with E-state index in [4.69, 9.17) is 0 Å². The number of amides is 1. The van der Waals surface area contributed by atoms with Crippen molar-refractivity contribution in [1.82, 2.24) is 9.80 Å². The van der Waals surface area contributed by atoms with Gasteiger partial charge in [-0.2, -0.15) is 0 Å². The molecular formula is C21H32N2O2. The summed E-state index contributed by atoms with van der Waals surface area (Å²) in [6.45, 7) is 8.15. The van der Waals surface area contributed by atoms with Gasteiger partial charge in [0.15, 0.2) is 0 Å². The molecule has 0 aromatic heterocycles. The maximum absolute atomic E-state index is 12.6. The van der Waals surface area contributed by atoms with Gasteiger partial charge in [-0.1, -0.05) is 18.6 Å². The molecule has 1 amide bonds. The number of phenols is 1. The van der Waals surface area contributed by atoms with E-state index < -0.39 is 0 Å². The highest BCUT2D eigenvalue weighted by atomic mass is 16.3. The first-order valence-electron chi connectivity index (χ1n) is 9.85. The number of aromatic hydroxyl groups is 1. The monoisotopic (exact) mass is 344 g/mol. The van der Waals surface area contributed by atoms with Gasteiger partial charge in [0.1, 0.15) is 5.75 Å². The maximum atomic E-state index is 12.6. The Balaban J connectivity index is 1.46. The highest BCUT2D eigenvalue weighted by Gasteiger charge is 2.27. The molecule has 0 unspecified atom stereocenters. The number of nitrogens with zero attached hydrogens (tertiary/aromatic N) is 2. The normalized spacial score (nSPS) is 20.0. The Morgan fingerprint density at radius 2 is 1.64 bits per heavy atom. The summed E-state index contributed by atoms with van der Waals surface area (Å²) in [6, 6.07) is 4.68. The molecule has 0 aliphatic carbocycles. The van der Waals surface area contributed by atoms with Gasteiger partial charge in [-0.3, -0.25) is 4.79 Å². The molecule has 0 spiro atoms. The summed E-state index contributed by atoms with van der Waals surface area (Å²) in [4.78, 5) is 17.3. The molecule has 2 heterocycles. The van der Waals surface area contributed by atoms with E-state index in [0.717, 1.165) is 49.0 Å². The predicted octanol–water partition coefficient (Wildman–Crippen LogP) is 3.42. The lowest BCUT2D eigenvalue weighted by atomic mass is 9.99. The van der Waals surface area contributed by atoms with Crippen LogP contribution in [0.1, 0.15) is 55.2 Å². The summed E-state index contributed by atoms with van der Waals surface area (Å²) in [5.41, 5.74) is 2.93. The second-order valence-corrected chi connectivity index (χ2v) is 7.79. The van der Waals surface area contributed by atoms with Crippen molar-refractivity contribution >= 4 is 5.91 Å². The highest BCUT2D eigenvalue weighted by molar-refractivity contribution is 5.76. The van der Waals surface area contributed by atoms with Crippen LogP contribution in [0.3, 0.4) is 0 Å². The molecule has 138 valence electrons. The summed E-state index contributed by atoms with van der Waals surface area (Å²) >= 11 is 0. The van der Waals surface area contributed by atoms with Crippen molar-refractivity contribution in [3.05, 3.63) is 28.8 Å². The van der Waals surface area contributed by atoms with E-state index in [-0.39, 0.29) is 5.91 Å². The van der Waals surface area contributed by atoms with Crippen LogP contribution in [0.2, 0.25) is 0 Å². The van der Waals surface area contributed by atoms with Crippen LogP contribution in [0.5, 0.6) is 5.75 Å². The lowest BCUT2D eigenvalue weighted by Crippen LogP contribution is -2.48. The van der Waals surface area contributed by atoms with Crippen LogP contribution in [-0.4, -0.2) is 53.0 Å². The van der Waals surface area contributed by atoms with E-state index in [9.17, 15) is 9.90 Å². The third kappa shape index (κ3) is 4.55. The molecule has 0 bridgehead atoms. The molecule has 3 rings (SSSR count). The van der Waals surface area contributed by atoms with E-state index in [2.05, 4.69) is 9.80 Å². The van der Waals surface area contributed by atoms with Gasteiger partial charge in [-0.15, -0.1) is 0 Å². The Labute approximate surface area is 151 Å². The van der Waals surface area contributed by atoms with E-state index in [0.29, 0.717) is 18.2 Å². The Kier molecular flexibility index (Phi) is 6.00. The molecule has 2 fully saturated rings. The van der Waals surface area contributed by atoms with Crippen LogP contribution in [0.25, 0.3) is 0 Å². The fourth-order valence-electron chi connectivity index (χ4n) is 4.36. The van der Waals surface area contributed by atoms with Crippen LogP contribution < -0.4 is 0 Å². The molecule has 2 aliphatic heterocycles. The van der Waals surface area contributed by atoms with Crippen molar-refractivity contribution in [2.45, 2.75) is 64.8 Å². The second kappa shape index (κ2) is 8.22. The Morgan fingerprint density at radius 1 is 1.04 bits per heavy atom. The number of hydrogen-bond acceptors (Lipinski definition) is 3. The molecule has 0 atom stereocenters. The molecule has 4 nitrogen and oxygen atoms in total. The Bertz CT molecular complexity index is 577. The van der Waals surface area contributed by atoms with Crippen LogP contribution in [0.15, 0.2) is 12.1 Å². The van der Waals surface area contributed by atoms with Gasteiger partial charge in [0.05, 0.1) is 0 Å². The molecule has 0 saturated carbocycles. The zero-order valence-electron chi connectivity index (χ0n) is 15.8. The van der Waals surface area contributed by atoms with Crippen molar-refractivity contribution in [3.63, 3.8) is 0 Å². The largest absolute Gasteiger partial charge is 0.507 e. The highest BCUT2D eigenvalue weighted by Crippen LogP contribution is 2.24. The number of rotatable bonds is 4. The van der Waals surface area contributed by atoms with E-state index in [1.165, 1.54) is 32.4 Å². The third-order valence-corrected chi connectivity index (χ3v) is 5.90. The van der Waals surface area contributed by atoms with E-state index in [1.54, 1.807) is 0 Å². The molecule has 0 radical (unpaired) electrons. The van der Waals surface area contributed by atoms with Gasteiger partial charge in [0.2, 0.25) is 5.91 Å². The summed E-state index contributed by atoms with van der Waals surface area (Å²) in [6.07, 6.45) is 7.64. The predicted molar refractivity (Wildman–Crippen MR) is 101 cm³/mol. The number of carbonyl (C=O) groups is 1. The zero-order valence-corrected chi connectivity index (χ0v) is 15.8. The maximum Gasteiger partial charge on any atom is 0.222 e. The second-order valence-electron chi connectivity index (χ2n) is 7.79. The van der Waals surface area contributed by atoms with E-state index in [1.807, 2.05) is 26.0 Å². The summed E-state index contributed by atoms with van der Waals surface area (Å²) in [7, 11) is 0. The number of piperidine rings is 2. The third-order valence-electron chi connectivity index (χ3n) is 5.90. The van der Waals surface area contributed by atoms with Crippen molar-refractivity contribution < 1.29 is 9.90 Å². The average molecular weight is 344 g/mol. The molecular weight excluding hydrogens is 312 g/mol. The number of likely N-dealkylation sites (tertiary alicyclic amines) is 2. The smallest absolute Gasteiger partial charge is 0.222 e. The van der Waals surface area contributed by atoms with Gasteiger partial charge in [-0.25, -0.2) is 0 Å². The van der Waals surface area contributed by atoms with Crippen molar-refractivity contribution in [1.29, 1.82) is 0 Å². The SMILES string of the molecule is Cc1cc(CCC(=O)N2CCC(N3CCCCC3)CC2)cc(C)c1O. The van der Waals surface area contributed by atoms with Crippen LogP contribution in [0.4, 0.5) is 0 Å². The number of hydrogen-bond donors (Lipinski definition) is 1. The Hall–Kier alpha value is -1.55. The summed E-state index contributed by atoms with van der Waals surface area (Å²) < 4.78 is 0. The van der Waals surface area contributed by atoms with Crippen LogP contribution in [0, 0.1) is 13.8 Å². The molecule has 25 heavy (non-hydrogen) atoms. The number of benzene rings is 1. The molecule has 2 aliphatic rings. The number of carbonyl (C=O) groups excluding carboxylic acids is 1. The topological polar surface area (TPSA) is 43.8 Å². The van der Waals surface area contributed by atoms with Gasteiger partial charge in [0, 0.05) is 25.6 Å². The number of phenolic OH excluding ortho intramolecular Hbond substituents is 1. The van der Waals surface area contributed by atoms with Crippen LogP contribution >= 0.6 is 0 Å². The molecule has 4 heteroatoms. The quantitative estimate of drug-likeness (QED) is 0.910. The molecule has 1 aromatic carbocycles.